The summed E-state index contributed by atoms with van der Waals surface area (Å²) in [5.74, 6) is -0.832. The fourth-order valence-corrected chi connectivity index (χ4v) is 4.10. The number of amides is 1. The van der Waals surface area contributed by atoms with Gasteiger partial charge in [-0.3, -0.25) is 9.69 Å². The maximum atomic E-state index is 13.0. The molecule has 0 atom stereocenters. The molecule has 148 valence electrons. The number of thiocarbonyl (C=S) groups is 1. The molecule has 1 saturated heterocycles. The molecule has 1 aliphatic heterocycles. The summed E-state index contributed by atoms with van der Waals surface area (Å²) in [5, 5.41) is 0. The van der Waals surface area contributed by atoms with Crippen molar-refractivity contribution in [2.75, 3.05) is 4.90 Å². The van der Waals surface area contributed by atoms with Crippen LogP contribution in [0.25, 0.3) is 6.08 Å². The van der Waals surface area contributed by atoms with Gasteiger partial charge in [0, 0.05) is 0 Å². The average molecular weight is 436 g/mol. The van der Waals surface area contributed by atoms with Crippen LogP contribution in [-0.2, 0) is 4.79 Å². The molecular weight excluding hydrogens is 421 g/mol. The van der Waals surface area contributed by atoms with Crippen LogP contribution in [0.3, 0.4) is 0 Å². The Hall–Kier alpha value is -3.29. The molecule has 0 spiro atoms. The lowest BCUT2D eigenvalue weighted by molar-refractivity contribution is -0.113. The van der Waals surface area contributed by atoms with Crippen LogP contribution in [0.5, 0.6) is 5.75 Å². The zero-order chi connectivity index (χ0) is 21.1. The molecule has 0 bridgehead atoms. The fourth-order valence-electron chi connectivity index (χ4n) is 2.80. The summed E-state index contributed by atoms with van der Waals surface area (Å²) in [6, 6.07) is 21.1. The van der Waals surface area contributed by atoms with E-state index in [-0.39, 0.29) is 11.5 Å². The SMILES string of the molecule is O=C(Oc1ccc(/C=C2\SC(=S)N(c3ccccc3)C2=O)cc1)c1ccc(F)cc1. The Morgan fingerprint density at radius 3 is 2.30 bits per heavy atom. The highest BCUT2D eigenvalue weighted by Crippen LogP contribution is 2.36. The molecule has 1 aliphatic rings. The van der Waals surface area contributed by atoms with Crippen LogP contribution >= 0.6 is 24.0 Å². The van der Waals surface area contributed by atoms with E-state index in [9.17, 15) is 14.0 Å². The van der Waals surface area contributed by atoms with Crippen LogP contribution in [0.2, 0.25) is 0 Å². The zero-order valence-electron chi connectivity index (χ0n) is 15.4. The molecule has 0 radical (unpaired) electrons. The van der Waals surface area contributed by atoms with Crippen molar-refractivity contribution in [1.82, 2.24) is 0 Å². The number of anilines is 1. The van der Waals surface area contributed by atoms with Gasteiger partial charge >= 0.3 is 5.97 Å². The average Bonchev–Trinajstić information content (AvgIpc) is 3.03. The van der Waals surface area contributed by atoms with E-state index < -0.39 is 11.8 Å². The van der Waals surface area contributed by atoms with Gasteiger partial charge in [0.15, 0.2) is 4.32 Å². The molecule has 0 aliphatic carbocycles. The third kappa shape index (κ3) is 4.32. The number of hydrogen-bond donors (Lipinski definition) is 0. The molecule has 3 aromatic rings. The van der Waals surface area contributed by atoms with Gasteiger partial charge in [0.25, 0.3) is 5.91 Å². The number of hydrogen-bond acceptors (Lipinski definition) is 5. The van der Waals surface area contributed by atoms with E-state index in [4.69, 9.17) is 17.0 Å². The summed E-state index contributed by atoms with van der Waals surface area (Å²) in [4.78, 5) is 26.9. The predicted octanol–water partition coefficient (Wildman–Crippen LogP) is 5.45. The monoisotopic (exact) mass is 435 g/mol. The molecule has 3 aromatic carbocycles. The van der Waals surface area contributed by atoms with Crippen molar-refractivity contribution in [1.29, 1.82) is 0 Å². The Labute approximate surface area is 182 Å². The summed E-state index contributed by atoms with van der Waals surface area (Å²) >= 11 is 6.60. The van der Waals surface area contributed by atoms with Crippen molar-refractivity contribution in [2.24, 2.45) is 0 Å². The summed E-state index contributed by atoms with van der Waals surface area (Å²) < 4.78 is 18.7. The number of ether oxygens (including phenoxy) is 1. The van der Waals surface area contributed by atoms with E-state index in [0.29, 0.717) is 15.0 Å². The quantitative estimate of drug-likeness (QED) is 0.236. The van der Waals surface area contributed by atoms with E-state index in [1.165, 1.54) is 40.9 Å². The van der Waals surface area contributed by atoms with Gasteiger partial charge in [-0.25, -0.2) is 9.18 Å². The number of para-hydroxylation sites is 1. The smallest absolute Gasteiger partial charge is 0.343 e. The zero-order valence-corrected chi connectivity index (χ0v) is 17.1. The summed E-state index contributed by atoms with van der Waals surface area (Å²) in [6.45, 7) is 0. The molecule has 0 saturated carbocycles. The highest BCUT2D eigenvalue weighted by atomic mass is 32.2. The molecule has 7 heteroatoms. The molecule has 1 fully saturated rings. The second-order valence-electron chi connectivity index (χ2n) is 6.32. The number of thioether (sulfide) groups is 1. The molecule has 4 rings (SSSR count). The second kappa shape index (κ2) is 8.61. The fraction of sp³-hybridized carbons (Fsp3) is 0. The van der Waals surface area contributed by atoms with Gasteiger partial charge in [-0.1, -0.05) is 54.3 Å². The third-order valence-corrected chi connectivity index (χ3v) is 5.58. The lowest BCUT2D eigenvalue weighted by atomic mass is 10.2. The molecule has 4 nitrogen and oxygen atoms in total. The van der Waals surface area contributed by atoms with Gasteiger partial charge in [0.1, 0.15) is 11.6 Å². The van der Waals surface area contributed by atoms with Gasteiger partial charge in [-0.2, -0.15) is 0 Å². The van der Waals surface area contributed by atoms with Crippen LogP contribution in [0, 0.1) is 5.82 Å². The number of carbonyl (C=O) groups is 2. The molecule has 0 N–H and O–H groups in total. The number of carbonyl (C=O) groups excluding carboxylic acids is 2. The van der Waals surface area contributed by atoms with Crippen LogP contribution in [0.15, 0.2) is 83.8 Å². The first-order valence-corrected chi connectivity index (χ1v) is 10.1. The van der Waals surface area contributed by atoms with Crippen molar-refractivity contribution in [2.45, 2.75) is 0 Å². The standard InChI is InChI=1S/C23H14FNO3S2/c24-17-10-8-16(9-11-17)22(27)28-19-12-6-15(7-13-19)14-20-21(26)25(23(29)30-20)18-4-2-1-3-5-18/h1-14H/b20-14-. The van der Waals surface area contributed by atoms with Crippen molar-refractivity contribution in [3.05, 3.63) is 101 Å². The van der Waals surface area contributed by atoms with Crippen molar-refractivity contribution >= 4 is 51.9 Å². The van der Waals surface area contributed by atoms with Crippen LogP contribution < -0.4 is 9.64 Å². The largest absolute Gasteiger partial charge is 0.423 e. The normalized spacial score (nSPS) is 15.0. The Morgan fingerprint density at radius 1 is 0.967 bits per heavy atom. The van der Waals surface area contributed by atoms with Crippen LogP contribution in [0.1, 0.15) is 15.9 Å². The number of esters is 1. The van der Waals surface area contributed by atoms with Crippen molar-refractivity contribution < 1.29 is 18.7 Å². The van der Waals surface area contributed by atoms with E-state index in [2.05, 4.69) is 0 Å². The Kier molecular flexibility index (Phi) is 5.74. The Balaban J connectivity index is 1.47. The number of nitrogens with zero attached hydrogens (tertiary/aromatic N) is 1. The van der Waals surface area contributed by atoms with Gasteiger partial charge in [0.05, 0.1) is 16.2 Å². The van der Waals surface area contributed by atoms with Crippen molar-refractivity contribution in [3.8, 4) is 5.75 Å². The summed E-state index contributed by atoms with van der Waals surface area (Å²) in [5.41, 5.74) is 1.75. The Morgan fingerprint density at radius 2 is 1.63 bits per heavy atom. The first-order valence-electron chi connectivity index (χ1n) is 8.92. The maximum Gasteiger partial charge on any atom is 0.343 e. The second-order valence-corrected chi connectivity index (χ2v) is 7.99. The number of rotatable bonds is 4. The van der Waals surface area contributed by atoms with E-state index in [0.717, 1.165) is 11.3 Å². The number of halogens is 1. The van der Waals surface area contributed by atoms with Gasteiger partial charge in [-0.15, -0.1) is 0 Å². The van der Waals surface area contributed by atoms with Crippen molar-refractivity contribution in [3.63, 3.8) is 0 Å². The highest BCUT2D eigenvalue weighted by molar-refractivity contribution is 8.27. The summed E-state index contributed by atoms with van der Waals surface area (Å²) in [7, 11) is 0. The molecule has 1 amide bonds. The molecule has 1 heterocycles. The molecule has 30 heavy (non-hydrogen) atoms. The van der Waals surface area contributed by atoms with E-state index >= 15 is 0 Å². The number of benzene rings is 3. The van der Waals surface area contributed by atoms with Crippen LogP contribution in [-0.4, -0.2) is 16.2 Å². The maximum absolute atomic E-state index is 13.0. The van der Waals surface area contributed by atoms with E-state index in [1.54, 1.807) is 30.3 Å². The predicted molar refractivity (Wildman–Crippen MR) is 120 cm³/mol. The molecule has 0 unspecified atom stereocenters. The topological polar surface area (TPSA) is 46.6 Å². The van der Waals surface area contributed by atoms with E-state index in [1.807, 2.05) is 30.3 Å². The minimum absolute atomic E-state index is 0.178. The molecular formula is C23H14FNO3S2. The first kappa shape index (κ1) is 20.0. The summed E-state index contributed by atoms with van der Waals surface area (Å²) in [6.07, 6.45) is 1.74. The Bertz CT molecular complexity index is 1140. The third-order valence-electron chi connectivity index (χ3n) is 4.28. The van der Waals surface area contributed by atoms with Gasteiger partial charge < -0.3 is 4.74 Å². The van der Waals surface area contributed by atoms with Crippen LogP contribution in [0.4, 0.5) is 10.1 Å². The molecule has 0 aromatic heterocycles. The van der Waals surface area contributed by atoms with Gasteiger partial charge in [0.2, 0.25) is 0 Å². The minimum Gasteiger partial charge on any atom is -0.423 e. The lowest BCUT2D eigenvalue weighted by Crippen LogP contribution is -2.27. The minimum atomic E-state index is -0.577. The highest BCUT2D eigenvalue weighted by Gasteiger charge is 2.33. The van der Waals surface area contributed by atoms with Gasteiger partial charge in [-0.05, 0) is 60.2 Å². The lowest BCUT2D eigenvalue weighted by Gasteiger charge is -2.13. The first-order chi connectivity index (χ1) is 14.5.